The molecule has 4 atom stereocenters. The van der Waals surface area contributed by atoms with Gasteiger partial charge in [-0.2, -0.15) is 5.06 Å². The SMILES string of the molecule is COC(=O)[C@H]1C[C@H]([C@H]2COC(C)(C)O2)N([C@H](C)c2ccccc2)O1. The number of benzene rings is 1. The van der Waals surface area contributed by atoms with E-state index in [9.17, 15) is 4.79 Å². The Morgan fingerprint density at radius 1 is 1.33 bits per heavy atom. The first-order valence-corrected chi connectivity index (χ1v) is 8.31. The van der Waals surface area contributed by atoms with Crippen molar-refractivity contribution in [3.8, 4) is 0 Å². The molecule has 0 saturated carbocycles. The van der Waals surface area contributed by atoms with Gasteiger partial charge in [0, 0.05) is 6.42 Å². The highest BCUT2D eigenvalue weighted by Gasteiger charge is 2.48. The Morgan fingerprint density at radius 3 is 2.62 bits per heavy atom. The second-order valence-corrected chi connectivity index (χ2v) is 6.73. The zero-order chi connectivity index (χ0) is 17.3. The van der Waals surface area contributed by atoms with Gasteiger partial charge in [0.05, 0.1) is 25.8 Å². The maximum Gasteiger partial charge on any atom is 0.337 e. The lowest BCUT2D eigenvalue weighted by Gasteiger charge is -2.32. The van der Waals surface area contributed by atoms with Gasteiger partial charge in [0.15, 0.2) is 11.9 Å². The number of hydrogen-bond donors (Lipinski definition) is 0. The Balaban J connectivity index is 1.82. The van der Waals surface area contributed by atoms with Crippen molar-refractivity contribution in [1.82, 2.24) is 5.06 Å². The molecule has 0 N–H and O–H groups in total. The molecule has 3 rings (SSSR count). The zero-order valence-corrected chi connectivity index (χ0v) is 14.6. The number of hydroxylamine groups is 2. The van der Waals surface area contributed by atoms with Crippen LogP contribution in [0.3, 0.4) is 0 Å². The summed E-state index contributed by atoms with van der Waals surface area (Å²) in [7, 11) is 1.38. The summed E-state index contributed by atoms with van der Waals surface area (Å²) in [6.07, 6.45) is -0.243. The van der Waals surface area contributed by atoms with Gasteiger partial charge in [-0.25, -0.2) is 4.79 Å². The van der Waals surface area contributed by atoms with Crippen molar-refractivity contribution in [1.29, 1.82) is 0 Å². The molecular formula is C18H25NO5. The van der Waals surface area contributed by atoms with Crippen molar-refractivity contribution < 1.29 is 23.8 Å². The van der Waals surface area contributed by atoms with Crippen LogP contribution in [-0.2, 0) is 23.8 Å². The lowest BCUT2D eigenvalue weighted by atomic mass is 10.0. The quantitative estimate of drug-likeness (QED) is 0.788. The monoisotopic (exact) mass is 335 g/mol. The van der Waals surface area contributed by atoms with Crippen molar-refractivity contribution in [3.05, 3.63) is 35.9 Å². The van der Waals surface area contributed by atoms with Crippen molar-refractivity contribution >= 4 is 5.97 Å². The van der Waals surface area contributed by atoms with E-state index in [-0.39, 0.29) is 24.2 Å². The predicted octanol–water partition coefficient (Wildman–Crippen LogP) is 2.45. The first kappa shape index (κ1) is 17.4. The average molecular weight is 335 g/mol. The molecule has 1 aromatic carbocycles. The Kier molecular flexibility index (Phi) is 4.92. The minimum absolute atomic E-state index is 0.0156. The minimum atomic E-state index is -0.615. The summed E-state index contributed by atoms with van der Waals surface area (Å²) in [6, 6.07) is 9.97. The summed E-state index contributed by atoms with van der Waals surface area (Å²) in [5.41, 5.74) is 1.12. The van der Waals surface area contributed by atoms with Gasteiger partial charge in [-0.05, 0) is 26.3 Å². The van der Waals surface area contributed by atoms with E-state index in [1.807, 2.05) is 49.2 Å². The highest BCUT2D eigenvalue weighted by Crippen LogP contribution is 2.37. The number of ether oxygens (including phenoxy) is 3. The van der Waals surface area contributed by atoms with Gasteiger partial charge in [-0.15, -0.1) is 0 Å². The van der Waals surface area contributed by atoms with Crippen molar-refractivity contribution in [3.63, 3.8) is 0 Å². The molecular weight excluding hydrogens is 310 g/mol. The molecule has 0 unspecified atom stereocenters. The molecule has 0 aliphatic carbocycles. The molecule has 132 valence electrons. The van der Waals surface area contributed by atoms with Crippen LogP contribution in [0.5, 0.6) is 0 Å². The van der Waals surface area contributed by atoms with Gasteiger partial charge in [-0.1, -0.05) is 30.3 Å². The molecule has 0 bridgehead atoms. The van der Waals surface area contributed by atoms with E-state index in [4.69, 9.17) is 19.0 Å². The van der Waals surface area contributed by atoms with Crippen LogP contribution in [0.25, 0.3) is 0 Å². The van der Waals surface area contributed by atoms with E-state index in [1.54, 1.807) is 0 Å². The fourth-order valence-corrected chi connectivity index (χ4v) is 3.34. The summed E-state index contributed by atoms with van der Waals surface area (Å²) < 4.78 is 16.6. The first-order chi connectivity index (χ1) is 11.4. The molecule has 2 saturated heterocycles. The molecule has 0 spiro atoms. The number of carbonyl (C=O) groups is 1. The Bertz CT molecular complexity index is 576. The van der Waals surface area contributed by atoms with Crippen LogP contribution in [0, 0.1) is 0 Å². The van der Waals surface area contributed by atoms with Gasteiger partial charge >= 0.3 is 5.97 Å². The Morgan fingerprint density at radius 2 is 2.04 bits per heavy atom. The molecule has 1 aromatic rings. The van der Waals surface area contributed by atoms with E-state index >= 15 is 0 Å². The molecule has 2 heterocycles. The predicted molar refractivity (Wildman–Crippen MR) is 86.9 cm³/mol. The molecule has 6 nitrogen and oxygen atoms in total. The van der Waals surface area contributed by atoms with Crippen LogP contribution < -0.4 is 0 Å². The Hall–Kier alpha value is -1.47. The van der Waals surface area contributed by atoms with Gasteiger partial charge in [0.1, 0.15) is 6.10 Å². The molecule has 24 heavy (non-hydrogen) atoms. The largest absolute Gasteiger partial charge is 0.467 e. The summed E-state index contributed by atoms with van der Waals surface area (Å²) in [4.78, 5) is 17.9. The second-order valence-electron chi connectivity index (χ2n) is 6.73. The van der Waals surface area contributed by atoms with E-state index in [0.717, 1.165) is 5.56 Å². The second kappa shape index (κ2) is 6.80. The van der Waals surface area contributed by atoms with E-state index in [1.165, 1.54) is 7.11 Å². The normalized spacial score (nSPS) is 31.1. The standard InChI is InChI=1S/C18H25NO5/c1-12(13-8-6-5-7-9-13)19-14(10-15(24-19)17(20)21-4)16-11-22-18(2,3)23-16/h5-9,12,14-16H,10-11H2,1-4H3/t12-,14-,15-,16-/m1/s1. The maximum atomic E-state index is 12.0. The van der Waals surface area contributed by atoms with Crippen molar-refractivity contribution in [2.24, 2.45) is 0 Å². The lowest BCUT2D eigenvalue weighted by Crippen LogP contribution is -2.41. The molecule has 0 amide bonds. The number of nitrogens with zero attached hydrogens (tertiary/aromatic N) is 1. The van der Waals surface area contributed by atoms with Crippen LogP contribution in [0.1, 0.15) is 38.8 Å². The highest BCUT2D eigenvalue weighted by atomic mass is 16.8. The number of carbonyl (C=O) groups excluding carboxylic acids is 1. The van der Waals surface area contributed by atoms with E-state index < -0.39 is 11.9 Å². The smallest absolute Gasteiger partial charge is 0.337 e. The third-order valence-corrected chi connectivity index (χ3v) is 4.62. The first-order valence-electron chi connectivity index (χ1n) is 8.31. The molecule has 6 heteroatoms. The fourth-order valence-electron chi connectivity index (χ4n) is 3.34. The summed E-state index contributed by atoms with van der Waals surface area (Å²) in [5.74, 6) is -0.976. The Labute approximate surface area is 142 Å². The average Bonchev–Trinajstić information content (AvgIpc) is 3.17. The number of esters is 1. The summed E-state index contributed by atoms with van der Waals surface area (Å²) in [6.45, 7) is 6.33. The van der Waals surface area contributed by atoms with Crippen LogP contribution >= 0.6 is 0 Å². The fraction of sp³-hybridized carbons (Fsp3) is 0.611. The third-order valence-electron chi connectivity index (χ3n) is 4.62. The van der Waals surface area contributed by atoms with Gasteiger partial charge in [0.25, 0.3) is 0 Å². The summed E-state index contributed by atoms with van der Waals surface area (Å²) in [5, 5.41) is 1.87. The van der Waals surface area contributed by atoms with Crippen molar-refractivity contribution in [2.45, 2.75) is 57.3 Å². The summed E-state index contributed by atoms with van der Waals surface area (Å²) >= 11 is 0. The number of rotatable bonds is 4. The minimum Gasteiger partial charge on any atom is -0.467 e. The van der Waals surface area contributed by atoms with Gasteiger partial charge in [0.2, 0.25) is 0 Å². The third kappa shape index (κ3) is 3.47. The van der Waals surface area contributed by atoms with E-state index in [2.05, 4.69) is 6.92 Å². The van der Waals surface area contributed by atoms with Crippen LogP contribution in [0.15, 0.2) is 30.3 Å². The van der Waals surface area contributed by atoms with E-state index in [0.29, 0.717) is 13.0 Å². The zero-order valence-electron chi connectivity index (χ0n) is 14.6. The molecule has 2 aliphatic rings. The number of methoxy groups -OCH3 is 1. The lowest BCUT2D eigenvalue weighted by molar-refractivity contribution is -0.216. The molecule has 2 aliphatic heterocycles. The topological polar surface area (TPSA) is 57.2 Å². The molecule has 2 fully saturated rings. The van der Waals surface area contributed by atoms with Gasteiger partial charge in [-0.3, -0.25) is 4.84 Å². The van der Waals surface area contributed by atoms with Crippen LogP contribution in [0.2, 0.25) is 0 Å². The van der Waals surface area contributed by atoms with Crippen LogP contribution in [0.4, 0.5) is 0 Å². The van der Waals surface area contributed by atoms with Crippen molar-refractivity contribution in [2.75, 3.05) is 13.7 Å². The number of hydrogen-bond acceptors (Lipinski definition) is 6. The van der Waals surface area contributed by atoms with Crippen LogP contribution in [-0.4, -0.2) is 48.8 Å². The highest BCUT2D eigenvalue weighted by molar-refractivity contribution is 5.74. The van der Waals surface area contributed by atoms with Gasteiger partial charge < -0.3 is 14.2 Å². The molecule has 0 aromatic heterocycles. The molecule has 0 radical (unpaired) electrons. The maximum absolute atomic E-state index is 12.0.